The smallest absolute Gasteiger partial charge is 0.305 e. The van der Waals surface area contributed by atoms with Gasteiger partial charge in [0.25, 0.3) is 5.91 Å². The highest BCUT2D eigenvalue weighted by atomic mass is 32.1. The van der Waals surface area contributed by atoms with Gasteiger partial charge in [0, 0.05) is 33.8 Å². The Kier molecular flexibility index (Phi) is 6.37. The third-order valence-corrected chi connectivity index (χ3v) is 6.62. The van der Waals surface area contributed by atoms with E-state index in [1.165, 1.54) is 12.0 Å². The number of aromatic nitrogens is 2. The molecule has 3 aromatic heterocycles. The van der Waals surface area contributed by atoms with Crippen LogP contribution >= 0.6 is 11.3 Å². The van der Waals surface area contributed by atoms with Crippen LogP contribution in [0.15, 0.2) is 53.9 Å². The molecule has 0 unspecified atom stereocenters. The summed E-state index contributed by atoms with van der Waals surface area (Å²) < 4.78 is 6.97. The summed E-state index contributed by atoms with van der Waals surface area (Å²) in [6, 6.07) is 15.9. The molecular weight excluding hydrogens is 422 g/mol. The van der Waals surface area contributed by atoms with E-state index in [1.807, 2.05) is 49.4 Å². The number of methoxy groups -OCH3 is 1. The Bertz CT molecular complexity index is 1280. The first-order valence-electron chi connectivity index (χ1n) is 10.5. The average Bonchev–Trinajstić information content (AvgIpc) is 3.41. The molecule has 0 radical (unpaired) electrons. The molecule has 0 aliphatic heterocycles. The third-order valence-electron chi connectivity index (χ3n) is 5.69. The Morgan fingerprint density at radius 2 is 1.91 bits per heavy atom. The van der Waals surface area contributed by atoms with Crippen LogP contribution in [-0.2, 0) is 28.9 Å². The van der Waals surface area contributed by atoms with Gasteiger partial charge in [0.15, 0.2) is 0 Å². The predicted molar refractivity (Wildman–Crippen MR) is 127 cm³/mol. The number of amides is 1. The molecule has 4 rings (SSSR count). The minimum absolute atomic E-state index is 0.206. The van der Waals surface area contributed by atoms with E-state index in [0.29, 0.717) is 29.8 Å². The highest BCUT2D eigenvalue weighted by Gasteiger charge is 2.26. The lowest BCUT2D eigenvalue weighted by molar-refractivity contribution is -0.140. The third kappa shape index (κ3) is 4.29. The zero-order valence-corrected chi connectivity index (χ0v) is 18.9. The first-order chi connectivity index (χ1) is 15.5. The highest BCUT2D eigenvalue weighted by molar-refractivity contribution is 7.09. The fourth-order valence-electron chi connectivity index (χ4n) is 4.14. The Balaban J connectivity index is 1.87. The molecule has 6 nitrogen and oxygen atoms in total. The fraction of sp³-hybridized carbons (Fsp3) is 0.240. The van der Waals surface area contributed by atoms with Gasteiger partial charge in [-0.05, 0) is 43.3 Å². The Morgan fingerprint density at radius 3 is 2.62 bits per heavy atom. The number of nitrogens with two attached hydrogens (primary N) is 1. The number of fused-ring (bicyclic) bond motifs is 1. The van der Waals surface area contributed by atoms with Crippen molar-refractivity contribution in [2.45, 2.75) is 32.7 Å². The Labute approximate surface area is 190 Å². The summed E-state index contributed by atoms with van der Waals surface area (Å²) in [6.45, 7) is 2.58. The van der Waals surface area contributed by atoms with Crippen molar-refractivity contribution in [1.29, 1.82) is 0 Å². The van der Waals surface area contributed by atoms with Crippen molar-refractivity contribution in [3.63, 3.8) is 0 Å². The van der Waals surface area contributed by atoms with Gasteiger partial charge >= 0.3 is 5.97 Å². The number of thiophene rings is 1. The molecule has 3 heterocycles. The van der Waals surface area contributed by atoms with Crippen molar-refractivity contribution in [3.8, 4) is 11.3 Å². The molecule has 0 saturated carbocycles. The van der Waals surface area contributed by atoms with E-state index in [-0.39, 0.29) is 12.4 Å². The van der Waals surface area contributed by atoms with Gasteiger partial charge in [0.05, 0.1) is 30.3 Å². The second-order valence-electron chi connectivity index (χ2n) is 7.59. The lowest BCUT2D eigenvalue weighted by Crippen LogP contribution is -2.14. The van der Waals surface area contributed by atoms with Gasteiger partial charge in [-0.25, -0.2) is 4.98 Å². The van der Waals surface area contributed by atoms with Gasteiger partial charge in [0.1, 0.15) is 0 Å². The molecule has 0 bridgehead atoms. The summed E-state index contributed by atoms with van der Waals surface area (Å²) in [4.78, 5) is 30.6. The maximum atomic E-state index is 12.6. The zero-order chi connectivity index (χ0) is 22.7. The van der Waals surface area contributed by atoms with Crippen LogP contribution in [0, 0.1) is 6.92 Å². The SMILES string of the molecule is COC(=O)CCc1c(-c2ccc3ccccc3n2)c(C(N)=O)c(C)n1CCc1cccs1. The largest absolute Gasteiger partial charge is 0.469 e. The topological polar surface area (TPSA) is 87.2 Å². The summed E-state index contributed by atoms with van der Waals surface area (Å²) in [5.41, 5.74) is 10.2. The number of para-hydroxylation sites is 1. The lowest BCUT2D eigenvalue weighted by Gasteiger charge is -2.13. The second-order valence-corrected chi connectivity index (χ2v) is 8.62. The number of hydrogen-bond donors (Lipinski definition) is 1. The van der Waals surface area contributed by atoms with Crippen molar-refractivity contribution in [1.82, 2.24) is 9.55 Å². The molecule has 0 fully saturated rings. The van der Waals surface area contributed by atoms with Crippen molar-refractivity contribution in [2.24, 2.45) is 5.73 Å². The molecule has 164 valence electrons. The molecule has 4 aromatic rings. The molecule has 7 heteroatoms. The molecule has 1 aromatic carbocycles. The number of hydrogen-bond acceptors (Lipinski definition) is 5. The van der Waals surface area contributed by atoms with Crippen molar-refractivity contribution in [3.05, 3.63) is 75.7 Å². The number of primary amides is 1. The lowest BCUT2D eigenvalue weighted by atomic mass is 10.0. The molecule has 0 saturated heterocycles. The molecule has 1 amide bonds. The van der Waals surface area contributed by atoms with Crippen molar-refractivity contribution in [2.75, 3.05) is 7.11 Å². The maximum Gasteiger partial charge on any atom is 0.305 e. The quantitative estimate of drug-likeness (QED) is 0.402. The van der Waals surface area contributed by atoms with E-state index in [4.69, 9.17) is 15.5 Å². The number of pyridine rings is 1. The number of nitrogens with zero attached hydrogens (tertiary/aromatic N) is 2. The van der Waals surface area contributed by atoms with Crippen LogP contribution in [0.4, 0.5) is 0 Å². The molecule has 0 spiro atoms. The van der Waals surface area contributed by atoms with E-state index in [2.05, 4.69) is 16.0 Å². The van der Waals surface area contributed by atoms with Gasteiger partial charge in [-0.3, -0.25) is 9.59 Å². The van der Waals surface area contributed by atoms with Crippen LogP contribution in [0.3, 0.4) is 0 Å². The minimum Gasteiger partial charge on any atom is -0.469 e. The first-order valence-corrected chi connectivity index (χ1v) is 11.3. The van der Waals surface area contributed by atoms with E-state index in [1.54, 1.807) is 11.3 Å². The standard InChI is InChI=1S/C25H25N3O3S/c1-16-23(25(26)30)24(20-10-9-17-6-3-4-8-19(17)27-20)21(11-12-22(29)31-2)28(16)14-13-18-7-5-15-32-18/h3-10,15H,11-14H2,1-2H3,(H2,26,30). The highest BCUT2D eigenvalue weighted by Crippen LogP contribution is 2.34. The monoisotopic (exact) mass is 447 g/mol. The summed E-state index contributed by atoms with van der Waals surface area (Å²) in [5.74, 6) is -0.798. The van der Waals surface area contributed by atoms with Gasteiger partial charge in [-0.2, -0.15) is 0 Å². The number of esters is 1. The second kappa shape index (κ2) is 9.36. The van der Waals surface area contributed by atoms with E-state index < -0.39 is 5.91 Å². The van der Waals surface area contributed by atoms with Crippen LogP contribution in [0.1, 0.15) is 33.0 Å². The molecule has 32 heavy (non-hydrogen) atoms. The molecular formula is C25H25N3O3S. The molecule has 0 aliphatic rings. The zero-order valence-electron chi connectivity index (χ0n) is 18.1. The maximum absolute atomic E-state index is 12.6. The minimum atomic E-state index is -0.498. The van der Waals surface area contributed by atoms with Gasteiger partial charge < -0.3 is 15.0 Å². The van der Waals surface area contributed by atoms with E-state index in [9.17, 15) is 9.59 Å². The van der Waals surface area contributed by atoms with Crippen LogP contribution in [0.25, 0.3) is 22.2 Å². The van der Waals surface area contributed by atoms with Gasteiger partial charge in [-0.1, -0.05) is 30.3 Å². The van der Waals surface area contributed by atoms with Crippen LogP contribution in [0.5, 0.6) is 0 Å². The predicted octanol–water partition coefficient (Wildman–Crippen LogP) is 4.52. The molecule has 0 aliphatic carbocycles. The van der Waals surface area contributed by atoms with Gasteiger partial charge in [-0.15, -0.1) is 11.3 Å². The number of aryl methyl sites for hydroxylation is 1. The van der Waals surface area contributed by atoms with Crippen molar-refractivity contribution < 1.29 is 14.3 Å². The van der Waals surface area contributed by atoms with E-state index >= 15 is 0 Å². The first kappa shape index (κ1) is 21.8. The summed E-state index contributed by atoms with van der Waals surface area (Å²) in [7, 11) is 1.38. The summed E-state index contributed by atoms with van der Waals surface area (Å²) >= 11 is 1.70. The number of carbonyl (C=O) groups is 2. The van der Waals surface area contributed by atoms with Gasteiger partial charge in [0.2, 0.25) is 0 Å². The Hall–Kier alpha value is -3.45. The fourth-order valence-corrected chi connectivity index (χ4v) is 4.84. The number of benzene rings is 1. The summed E-state index contributed by atoms with van der Waals surface area (Å²) in [5, 5.41) is 3.07. The van der Waals surface area contributed by atoms with Crippen molar-refractivity contribution >= 4 is 34.1 Å². The van der Waals surface area contributed by atoms with Crippen LogP contribution in [-0.4, -0.2) is 28.5 Å². The molecule has 0 atom stereocenters. The van der Waals surface area contributed by atoms with E-state index in [0.717, 1.165) is 28.7 Å². The Morgan fingerprint density at radius 1 is 1.09 bits per heavy atom. The number of rotatable bonds is 8. The molecule has 2 N–H and O–H groups in total. The van der Waals surface area contributed by atoms with Crippen LogP contribution in [0.2, 0.25) is 0 Å². The normalized spacial score (nSPS) is 11.1. The number of ether oxygens (including phenoxy) is 1. The average molecular weight is 448 g/mol. The number of carbonyl (C=O) groups excluding carboxylic acids is 2. The summed E-state index contributed by atoms with van der Waals surface area (Å²) in [6.07, 6.45) is 1.45. The van der Waals surface area contributed by atoms with Crippen LogP contribution < -0.4 is 5.73 Å².